The molecule has 0 aliphatic heterocycles. The SMILES string of the molecule is Cc1cncc(C(=O)NCc2cc(C(=O)O)c(C)o2)c1. The molecular weight excluding hydrogens is 260 g/mol. The zero-order valence-corrected chi connectivity index (χ0v) is 11.1. The molecule has 0 saturated carbocycles. The number of carbonyl (C=O) groups excluding carboxylic acids is 1. The van der Waals surface area contributed by atoms with Gasteiger partial charge in [-0.1, -0.05) is 0 Å². The van der Waals surface area contributed by atoms with Crippen molar-refractivity contribution in [3.8, 4) is 0 Å². The number of hydrogen-bond acceptors (Lipinski definition) is 4. The van der Waals surface area contributed by atoms with Crippen LogP contribution in [0, 0.1) is 13.8 Å². The van der Waals surface area contributed by atoms with Gasteiger partial charge in [0, 0.05) is 12.4 Å². The van der Waals surface area contributed by atoms with Crippen LogP contribution in [0.4, 0.5) is 0 Å². The number of hydrogen-bond donors (Lipinski definition) is 2. The minimum atomic E-state index is -1.05. The Morgan fingerprint density at radius 3 is 2.65 bits per heavy atom. The van der Waals surface area contributed by atoms with Crippen molar-refractivity contribution in [2.24, 2.45) is 0 Å². The quantitative estimate of drug-likeness (QED) is 0.888. The molecule has 0 aliphatic carbocycles. The van der Waals surface area contributed by atoms with Gasteiger partial charge in [0.2, 0.25) is 0 Å². The number of pyridine rings is 1. The molecule has 6 heteroatoms. The van der Waals surface area contributed by atoms with E-state index in [4.69, 9.17) is 9.52 Å². The number of furan rings is 1. The van der Waals surface area contributed by atoms with E-state index in [9.17, 15) is 9.59 Å². The average molecular weight is 274 g/mol. The summed E-state index contributed by atoms with van der Waals surface area (Å²) in [6.07, 6.45) is 3.13. The summed E-state index contributed by atoms with van der Waals surface area (Å²) in [5.74, 6) is -0.619. The molecule has 0 aromatic carbocycles. The smallest absolute Gasteiger partial charge is 0.339 e. The molecule has 0 spiro atoms. The average Bonchev–Trinajstić information content (AvgIpc) is 2.77. The van der Waals surface area contributed by atoms with Crippen LogP contribution in [-0.4, -0.2) is 22.0 Å². The first-order valence-electron chi connectivity index (χ1n) is 6.00. The van der Waals surface area contributed by atoms with Crippen LogP contribution in [0.2, 0.25) is 0 Å². The molecule has 6 nitrogen and oxygen atoms in total. The number of carboxylic acid groups (broad SMARTS) is 1. The van der Waals surface area contributed by atoms with Gasteiger partial charge in [-0.2, -0.15) is 0 Å². The summed E-state index contributed by atoms with van der Waals surface area (Å²) in [7, 11) is 0. The zero-order chi connectivity index (χ0) is 14.7. The van der Waals surface area contributed by atoms with Crippen LogP contribution < -0.4 is 5.32 Å². The van der Waals surface area contributed by atoms with Crippen LogP contribution in [0.5, 0.6) is 0 Å². The van der Waals surface area contributed by atoms with E-state index in [0.29, 0.717) is 17.1 Å². The molecule has 0 fully saturated rings. The number of carboxylic acids is 1. The molecule has 1 amide bonds. The molecule has 2 heterocycles. The summed E-state index contributed by atoms with van der Waals surface area (Å²) in [6, 6.07) is 3.13. The molecule has 2 aromatic rings. The fourth-order valence-corrected chi connectivity index (χ4v) is 1.79. The Morgan fingerprint density at radius 2 is 2.05 bits per heavy atom. The van der Waals surface area contributed by atoms with Gasteiger partial charge in [0.15, 0.2) is 0 Å². The maximum absolute atomic E-state index is 11.9. The first kappa shape index (κ1) is 13.8. The third kappa shape index (κ3) is 3.03. The lowest BCUT2D eigenvalue weighted by molar-refractivity contribution is 0.0694. The topological polar surface area (TPSA) is 92.4 Å². The summed E-state index contributed by atoms with van der Waals surface area (Å²) in [4.78, 5) is 26.7. The molecule has 0 aliphatic rings. The molecule has 0 bridgehead atoms. The van der Waals surface area contributed by atoms with Crippen molar-refractivity contribution in [2.45, 2.75) is 20.4 Å². The predicted octanol–water partition coefficient (Wildman–Crippen LogP) is 1.92. The lowest BCUT2D eigenvalue weighted by atomic mass is 10.2. The van der Waals surface area contributed by atoms with E-state index in [2.05, 4.69) is 10.3 Å². The van der Waals surface area contributed by atoms with Crippen molar-refractivity contribution in [1.29, 1.82) is 0 Å². The number of amides is 1. The third-order valence-corrected chi connectivity index (χ3v) is 2.76. The standard InChI is InChI=1S/C14H14N2O4/c1-8-3-10(6-15-5-8)13(17)16-7-11-4-12(14(18)19)9(2)20-11/h3-6H,7H2,1-2H3,(H,16,17)(H,18,19). The fraction of sp³-hybridized carbons (Fsp3) is 0.214. The summed E-state index contributed by atoms with van der Waals surface area (Å²) in [5, 5.41) is 11.6. The molecule has 0 saturated heterocycles. The van der Waals surface area contributed by atoms with Gasteiger partial charge in [-0.15, -0.1) is 0 Å². The molecule has 2 N–H and O–H groups in total. The van der Waals surface area contributed by atoms with Gasteiger partial charge < -0.3 is 14.8 Å². The third-order valence-electron chi connectivity index (χ3n) is 2.76. The number of aromatic carboxylic acids is 1. The van der Waals surface area contributed by atoms with Gasteiger partial charge in [-0.25, -0.2) is 4.79 Å². The fourth-order valence-electron chi connectivity index (χ4n) is 1.79. The monoisotopic (exact) mass is 274 g/mol. The second-order valence-electron chi connectivity index (χ2n) is 4.42. The largest absolute Gasteiger partial charge is 0.478 e. The number of rotatable bonds is 4. The van der Waals surface area contributed by atoms with E-state index >= 15 is 0 Å². The van der Waals surface area contributed by atoms with Crippen molar-refractivity contribution in [1.82, 2.24) is 10.3 Å². The van der Waals surface area contributed by atoms with E-state index < -0.39 is 5.97 Å². The van der Waals surface area contributed by atoms with Gasteiger partial charge in [-0.05, 0) is 31.5 Å². The minimum Gasteiger partial charge on any atom is -0.478 e. The number of aryl methyl sites for hydroxylation is 2. The van der Waals surface area contributed by atoms with Crippen LogP contribution in [0.25, 0.3) is 0 Å². The second kappa shape index (κ2) is 5.56. The summed E-state index contributed by atoms with van der Waals surface area (Å²) in [6.45, 7) is 3.54. The second-order valence-corrected chi connectivity index (χ2v) is 4.42. The molecule has 2 aromatic heterocycles. The van der Waals surface area contributed by atoms with Crippen molar-refractivity contribution in [2.75, 3.05) is 0 Å². The summed E-state index contributed by atoms with van der Waals surface area (Å²) in [5.41, 5.74) is 1.44. The highest BCUT2D eigenvalue weighted by Gasteiger charge is 2.14. The molecule has 20 heavy (non-hydrogen) atoms. The van der Waals surface area contributed by atoms with Crippen LogP contribution in [0.3, 0.4) is 0 Å². The number of nitrogens with one attached hydrogen (secondary N) is 1. The van der Waals surface area contributed by atoms with Gasteiger partial charge in [0.25, 0.3) is 5.91 Å². The van der Waals surface area contributed by atoms with Crippen molar-refractivity contribution < 1.29 is 19.1 Å². The van der Waals surface area contributed by atoms with Gasteiger partial charge in [-0.3, -0.25) is 9.78 Å². The highest BCUT2D eigenvalue weighted by atomic mass is 16.4. The summed E-state index contributed by atoms with van der Waals surface area (Å²) < 4.78 is 5.27. The molecule has 0 radical (unpaired) electrons. The van der Waals surface area contributed by atoms with Crippen LogP contribution >= 0.6 is 0 Å². The van der Waals surface area contributed by atoms with Gasteiger partial charge in [0.1, 0.15) is 17.1 Å². The van der Waals surface area contributed by atoms with E-state index in [0.717, 1.165) is 5.56 Å². The van der Waals surface area contributed by atoms with Crippen LogP contribution in [-0.2, 0) is 6.54 Å². The van der Waals surface area contributed by atoms with E-state index in [-0.39, 0.29) is 18.0 Å². The van der Waals surface area contributed by atoms with Crippen LogP contribution in [0.15, 0.2) is 28.9 Å². The normalized spacial score (nSPS) is 10.3. The maximum Gasteiger partial charge on any atom is 0.339 e. The van der Waals surface area contributed by atoms with Gasteiger partial charge in [0.05, 0.1) is 12.1 Å². The minimum absolute atomic E-state index is 0.103. The number of carbonyl (C=O) groups is 2. The Kier molecular flexibility index (Phi) is 3.84. The summed E-state index contributed by atoms with van der Waals surface area (Å²) >= 11 is 0. The Balaban J connectivity index is 2.04. The van der Waals surface area contributed by atoms with E-state index in [1.807, 2.05) is 6.92 Å². The molecule has 2 rings (SSSR count). The zero-order valence-electron chi connectivity index (χ0n) is 11.1. The predicted molar refractivity (Wildman–Crippen MR) is 70.5 cm³/mol. The maximum atomic E-state index is 11.9. The first-order valence-corrected chi connectivity index (χ1v) is 6.00. The lowest BCUT2D eigenvalue weighted by Crippen LogP contribution is -2.22. The molecule has 104 valence electrons. The van der Waals surface area contributed by atoms with E-state index in [1.165, 1.54) is 12.3 Å². The first-order chi connectivity index (χ1) is 9.47. The highest BCUT2D eigenvalue weighted by Crippen LogP contribution is 2.14. The Morgan fingerprint density at radius 1 is 1.30 bits per heavy atom. The Bertz CT molecular complexity index is 661. The molecule has 0 atom stereocenters. The number of nitrogens with zero attached hydrogens (tertiary/aromatic N) is 1. The van der Waals surface area contributed by atoms with Crippen molar-refractivity contribution in [3.63, 3.8) is 0 Å². The molecular formula is C14H14N2O4. The Hall–Kier alpha value is -2.63. The lowest BCUT2D eigenvalue weighted by Gasteiger charge is -2.03. The highest BCUT2D eigenvalue weighted by molar-refractivity contribution is 5.94. The van der Waals surface area contributed by atoms with Crippen molar-refractivity contribution >= 4 is 11.9 Å². The van der Waals surface area contributed by atoms with Gasteiger partial charge >= 0.3 is 5.97 Å². The number of aromatic nitrogens is 1. The molecule has 0 unspecified atom stereocenters. The van der Waals surface area contributed by atoms with Crippen molar-refractivity contribution in [3.05, 3.63) is 52.7 Å². The van der Waals surface area contributed by atoms with E-state index in [1.54, 1.807) is 19.2 Å². The Labute approximate surface area is 115 Å². The van der Waals surface area contributed by atoms with Crippen LogP contribution in [0.1, 0.15) is 37.8 Å².